The molecule has 2 aliphatic rings. The fourth-order valence-electron chi connectivity index (χ4n) is 1.04. The normalized spacial score (nSPS) is 12.8. The van der Waals surface area contributed by atoms with E-state index in [0.29, 0.717) is 5.69 Å². The van der Waals surface area contributed by atoms with Crippen LogP contribution in [0.1, 0.15) is 0 Å². The molecular weight excluding hydrogens is 162 g/mol. The molecular formula is C7H7NO2S. The second-order valence-electron chi connectivity index (χ2n) is 2.63. The van der Waals surface area contributed by atoms with Gasteiger partial charge in [0.05, 0.1) is 11.9 Å². The van der Waals surface area contributed by atoms with Crippen molar-refractivity contribution in [2.45, 2.75) is 0 Å². The second-order valence-corrected chi connectivity index (χ2v) is 4.38. The molecule has 58 valence electrons. The van der Waals surface area contributed by atoms with E-state index in [2.05, 4.69) is 4.72 Å². The Morgan fingerprint density at radius 1 is 1.36 bits per heavy atom. The van der Waals surface area contributed by atoms with Crippen molar-refractivity contribution in [3.05, 3.63) is 18.2 Å². The van der Waals surface area contributed by atoms with Crippen LogP contribution in [0.5, 0.6) is 0 Å². The summed E-state index contributed by atoms with van der Waals surface area (Å²) in [6.07, 6.45) is 1.15. The molecule has 0 heterocycles. The summed E-state index contributed by atoms with van der Waals surface area (Å²) in [6.45, 7) is 0. The Hall–Kier alpha value is -1.03. The molecule has 0 unspecified atom stereocenters. The first kappa shape index (κ1) is 6.67. The maximum Gasteiger partial charge on any atom is 0.229 e. The predicted octanol–water partition coefficient (Wildman–Crippen LogP) is 1.04. The molecule has 0 aliphatic heterocycles. The van der Waals surface area contributed by atoms with E-state index in [1.54, 1.807) is 6.07 Å². The predicted molar refractivity (Wildman–Crippen MR) is 43.9 cm³/mol. The first-order valence-electron chi connectivity index (χ1n) is 3.18. The fourth-order valence-corrected chi connectivity index (χ4v) is 1.62. The Labute approximate surface area is 65.1 Å². The highest BCUT2D eigenvalue weighted by Gasteiger charge is 2.18. The van der Waals surface area contributed by atoms with Gasteiger partial charge in [-0.3, -0.25) is 4.72 Å². The molecule has 2 rings (SSSR count). The monoisotopic (exact) mass is 169 g/mol. The van der Waals surface area contributed by atoms with Crippen molar-refractivity contribution >= 4 is 15.7 Å². The lowest BCUT2D eigenvalue weighted by molar-refractivity contribution is 0.607. The molecule has 1 N–H and O–H groups in total. The van der Waals surface area contributed by atoms with E-state index >= 15 is 0 Å². The third kappa shape index (κ3) is 1.21. The molecule has 3 nitrogen and oxygen atoms in total. The summed E-state index contributed by atoms with van der Waals surface area (Å²) >= 11 is 0. The van der Waals surface area contributed by atoms with Crippen LogP contribution in [0.4, 0.5) is 5.69 Å². The van der Waals surface area contributed by atoms with E-state index in [-0.39, 0.29) is 0 Å². The molecule has 0 aromatic heterocycles. The minimum absolute atomic E-state index is 0.697. The molecule has 0 amide bonds. The largest absolute Gasteiger partial charge is 0.283 e. The fraction of sp³-hybridized carbons (Fsp3) is 0.143. The van der Waals surface area contributed by atoms with E-state index in [9.17, 15) is 8.42 Å². The molecule has 0 saturated carbocycles. The number of nitrogens with one attached hydrogen (secondary N) is 1. The first-order valence-corrected chi connectivity index (χ1v) is 5.08. The van der Waals surface area contributed by atoms with Crippen molar-refractivity contribution in [3.63, 3.8) is 0 Å². The van der Waals surface area contributed by atoms with Crippen LogP contribution < -0.4 is 4.72 Å². The van der Waals surface area contributed by atoms with Gasteiger partial charge >= 0.3 is 0 Å². The van der Waals surface area contributed by atoms with Gasteiger partial charge in [-0.15, -0.1) is 0 Å². The van der Waals surface area contributed by atoms with E-state index in [1.807, 2.05) is 12.1 Å². The molecule has 0 radical (unpaired) electrons. The highest BCUT2D eigenvalue weighted by atomic mass is 32.2. The molecule has 0 aromatic carbocycles. The number of hydrogen-bond donors (Lipinski definition) is 1. The molecule has 0 aromatic rings. The molecule has 4 heteroatoms. The summed E-state index contributed by atoms with van der Waals surface area (Å²) in [5.41, 5.74) is 2.86. The van der Waals surface area contributed by atoms with Gasteiger partial charge in [0.1, 0.15) is 0 Å². The number of rotatable bonds is 2. The lowest BCUT2D eigenvalue weighted by atomic mass is 10.5. The summed E-state index contributed by atoms with van der Waals surface area (Å²) in [5, 5.41) is 0. The quantitative estimate of drug-likeness (QED) is 0.730. The molecule has 0 bridgehead atoms. The Bertz CT molecular complexity index is 408. The van der Waals surface area contributed by atoms with E-state index in [1.165, 1.54) is 0 Å². The number of fused-ring (bicyclic) bond motifs is 1. The number of sulfonamides is 1. The van der Waals surface area contributed by atoms with Gasteiger partial charge in [-0.1, -0.05) is 6.07 Å². The van der Waals surface area contributed by atoms with Crippen LogP contribution >= 0.6 is 0 Å². The highest BCUT2D eigenvalue weighted by molar-refractivity contribution is 7.92. The summed E-state index contributed by atoms with van der Waals surface area (Å²) in [4.78, 5) is 0. The zero-order valence-electron chi connectivity index (χ0n) is 5.96. The summed E-state index contributed by atoms with van der Waals surface area (Å²) < 4.78 is 23.9. The van der Waals surface area contributed by atoms with Crippen molar-refractivity contribution in [2.24, 2.45) is 0 Å². The summed E-state index contributed by atoms with van der Waals surface area (Å²) in [7, 11) is -3.11. The smallest absolute Gasteiger partial charge is 0.229 e. The Balaban J connectivity index is 2.28. The average molecular weight is 169 g/mol. The van der Waals surface area contributed by atoms with Gasteiger partial charge in [0, 0.05) is 5.56 Å². The average Bonchev–Trinajstić information content (AvgIpc) is 2.50. The van der Waals surface area contributed by atoms with Crippen LogP contribution in [0.15, 0.2) is 18.2 Å². The SMILES string of the molecule is CS(=O)(=O)Nc1ccc2cc1-2. The van der Waals surface area contributed by atoms with Crippen LogP contribution in [-0.4, -0.2) is 14.7 Å². The second kappa shape index (κ2) is 1.76. The van der Waals surface area contributed by atoms with Crippen molar-refractivity contribution in [2.75, 3.05) is 11.0 Å². The first-order chi connectivity index (χ1) is 5.06. The summed E-state index contributed by atoms with van der Waals surface area (Å²) in [5.74, 6) is 0. The van der Waals surface area contributed by atoms with Crippen molar-refractivity contribution in [1.29, 1.82) is 0 Å². The molecule has 0 fully saturated rings. The topological polar surface area (TPSA) is 46.2 Å². The minimum Gasteiger partial charge on any atom is -0.283 e. The molecule has 0 saturated heterocycles. The van der Waals surface area contributed by atoms with Crippen LogP contribution in [0.25, 0.3) is 11.1 Å². The minimum atomic E-state index is -3.11. The van der Waals surface area contributed by atoms with Gasteiger partial charge in [-0.2, -0.15) is 0 Å². The van der Waals surface area contributed by atoms with E-state index < -0.39 is 10.0 Å². The third-order valence-corrected chi connectivity index (χ3v) is 2.13. The van der Waals surface area contributed by atoms with Gasteiger partial charge in [0.25, 0.3) is 0 Å². The lowest BCUT2D eigenvalue weighted by Gasteiger charge is -1.98. The van der Waals surface area contributed by atoms with Crippen LogP contribution in [0, 0.1) is 0 Å². The Morgan fingerprint density at radius 2 is 2.09 bits per heavy atom. The molecule has 0 spiro atoms. The van der Waals surface area contributed by atoms with Gasteiger partial charge in [0.2, 0.25) is 10.0 Å². The van der Waals surface area contributed by atoms with Crippen LogP contribution in [-0.2, 0) is 10.0 Å². The van der Waals surface area contributed by atoms with Crippen molar-refractivity contribution < 1.29 is 8.42 Å². The molecule has 11 heavy (non-hydrogen) atoms. The van der Waals surface area contributed by atoms with Crippen LogP contribution in [0.3, 0.4) is 0 Å². The van der Waals surface area contributed by atoms with E-state index in [0.717, 1.165) is 17.4 Å². The maximum atomic E-state index is 10.7. The lowest BCUT2D eigenvalue weighted by Crippen LogP contribution is -2.08. The van der Waals surface area contributed by atoms with Gasteiger partial charge in [-0.05, 0) is 17.7 Å². The Morgan fingerprint density at radius 3 is 2.45 bits per heavy atom. The molecule has 2 aliphatic carbocycles. The van der Waals surface area contributed by atoms with Crippen molar-refractivity contribution in [3.8, 4) is 11.1 Å². The van der Waals surface area contributed by atoms with E-state index in [4.69, 9.17) is 0 Å². The van der Waals surface area contributed by atoms with Gasteiger partial charge in [0.15, 0.2) is 0 Å². The third-order valence-electron chi connectivity index (χ3n) is 1.54. The molecule has 0 atom stereocenters. The standard InChI is InChI=1S/C7H7NO2S/c1-11(9,10)8-7-3-2-5-4-6(5)7/h2-4,8H,1H3. The zero-order valence-corrected chi connectivity index (χ0v) is 6.77. The van der Waals surface area contributed by atoms with Gasteiger partial charge < -0.3 is 0 Å². The maximum absolute atomic E-state index is 10.7. The van der Waals surface area contributed by atoms with Gasteiger partial charge in [-0.25, -0.2) is 8.42 Å². The van der Waals surface area contributed by atoms with Crippen LogP contribution in [0.2, 0.25) is 0 Å². The Kier molecular flexibility index (Phi) is 1.07. The highest BCUT2D eigenvalue weighted by Crippen LogP contribution is 2.42. The van der Waals surface area contributed by atoms with Crippen molar-refractivity contribution in [1.82, 2.24) is 0 Å². The zero-order chi connectivity index (χ0) is 8.06. The number of benzene rings is 1. The number of hydrogen-bond acceptors (Lipinski definition) is 2. The number of anilines is 1. The summed E-state index contributed by atoms with van der Waals surface area (Å²) in [6, 6.07) is 5.60.